The molecule has 0 saturated heterocycles. The van der Waals surface area contributed by atoms with Crippen LogP contribution in [0.2, 0.25) is 5.02 Å². The number of nitrogens with one attached hydrogen (secondary N) is 2. The van der Waals surface area contributed by atoms with E-state index >= 15 is 0 Å². The lowest BCUT2D eigenvalue weighted by Gasteiger charge is -2.29. The molecule has 0 aromatic heterocycles. The van der Waals surface area contributed by atoms with E-state index in [4.69, 9.17) is 11.6 Å². The molecular formula is C21H23ClN2O2. The Bertz CT molecular complexity index is 824. The molecule has 2 N–H and O–H groups in total. The van der Waals surface area contributed by atoms with Crippen molar-refractivity contribution in [3.05, 3.63) is 58.6 Å². The number of hydrogen-bond acceptors (Lipinski definition) is 2. The maximum absolute atomic E-state index is 13.3. The van der Waals surface area contributed by atoms with Crippen molar-refractivity contribution in [3.8, 4) is 0 Å². The van der Waals surface area contributed by atoms with E-state index in [-0.39, 0.29) is 11.8 Å². The van der Waals surface area contributed by atoms with Gasteiger partial charge in [0.1, 0.15) is 0 Å². The van der Waals surface area contributed by atoms with Gasteiger partial charge in [0.2, 0.25) is 11.8 Å². The van der Waals surface area contributed by atoms with Gasteiger partial charge in [-0.05, 0) is 55.2 Å². The zero-order valence-corrected chi connectivity index (χ0v) is 15.8. The molecule has 4 nitrogen and oxygen atoms in total. The molecule has 2 amide bonds. The first-order valence-electron chi connectivity index (χ1n) is 8.87. The Morgan fingerprint density at radius 2 is 1.54 bits per heavy atom. The maximum atomic E-state index is 13.3. The quantitative estimate of drug-likeness (QED) is 0.790. The van der Waals surface area contributed by atoms with E-state index in [2.05, 4.69) is 10.6 Å². The van der Waals surface area contributed by atoms with Crippen LogP contribution in [0.5, 0.6) is 0 Å². The average Bonchev–Trinajstić information content (AvgIpc) is 3.10. The molecule has 2 aromatic rings. The van der Waals surface area contributed by atoms with Gasteiger partial charge in [-0.2, -0.15) is 0 Å². The van der Waals surface area contributed by atoms with Crippen molar-refractivity contribution in [2.24, 2.45) is 0 Å². The minimum atomic E-state index is -0.527. The first-order chi connectivity index (χ1) is 12.4. The standard InChI is InChI=1S/C21H23ClN2O2/c1-14-18(23-15(2)25)6-5-7-19(14)24-20(26)21(12-3-4-13-21)16-8-10-17(22)11-9-16/h5-11H,3-4,12-13H2,1-2H3,(H,23,25)(H,24,26). The molecular weight excluding hydrogens is 348 g/mol. The second-order valence-corrected chi connectivity index (χ2v) is 7.35. The zero-order chi connectivity index (χ0) is 18.7. The number of halogens is 1. The van der Waals surface area contributed by atoms with Crippen LogP contribution >= 0.6 is 11.6 Å². The van der Waals surface area contributed by atoms with Crippen molar-refractivity contribution in [3.63, 3.8) is 0 Å². The first-order valence-corrected chi connectivity index (χ1v) is 9.25. The Morgan fingerprint density at radius 1 is 0.962 bits per heavy atom. The van der Waals surface area contributed by atoms with Crippen LogP contribution in [-0.2, 0) is 15.0 Å². The minimum absolute atomic E-state index is 0.000368. The maximum Gasteiger partial charge on any atom is 0.235 e. The van der Waals surface area contributed by atoms with Gasteiger partial charge < -0.3 is 10.6 Å². The van der Waals surface area contributed by atoms with Crippen molar-refractivity contribution in [2.45, 2.75) is 44.9 Å². The molecule has 0 bridgehead atoms. The molecule has 0 atom stereocenters. The Hall–Kier alpha value is -2.33. The Morgan fingerprint density at radius 3 is 2.12 bits per heavy atom. The first kappa shape index (κ1) is 18.5. The number of amides is 2. The summed E-state index contributed by atoms with van der Waals surface area (Å²) in [4.78, 5) is 24.6. The average molecular weight is 371 g/mol. The summed E-state index contributed by atoms with van der Waals surface area (Å²) < 4.78 is 0. The lowest BCUT2D eigenvalue weighted by molar-refractivity contribution is -0.121. The van der Waals surface area contributed by atoms with E-state index in [1.54, 1.807) is 0 Å². The summed E-state index contributed by atoms with van der Waals surface area (Å²) in [6.07, 6.45) is 3.71. The van der Waals surface area contributed by atoms with Crippen molar-refractivity contribution in [1.29, 1.82) is 0 Å². The highest BCUT2D eigenvalue weighted by Crippen LogP contribution is 2.42. The third-order valence-electron chi connectivity index (χ3n) is 5.18. The fourth-order valence-corrected chi connectivity index (χ4v) is 3.86. The fraction of sp³-hybridized carbons (Fsp3) is 0.333. The number of anilines is 2. The van der Waals surface area contributed by atoms with Gasteiger partial charge in [0.25, 0.3) is 0 Å². The number of benzene rings is 2. The zero-order valence-electron chi connectivity index (χ0n) is 15.1. The molecule has 0 heterocycles. The summed E-state index contributed by atoms with van der Waals surface area (Å²) in [6.45, 7) is 3.36. The van der Waals surface area contributed by atoms with E-state index in [0.717, 1.165) is 42.5 Å². The van der Waals surface area contributed by atoms with Crippen molar-refractivity contribution < 1.29 is 9.59 Å². The highest BCUT2D eigenvalue weighted by molar-refractivity contribution is 6.30. The molecule has 136 valence electrons. The normalized spacial score (nSPS) is 15.5. The van der Waals surface area contributed by atoms with Crippen LogP contribution in [0, 0.1) is 6.92 Å². The van der Waals surface area contributed by atoms with Crippen LogP contribution in [0.25, 0.3) is 0 Å². The number of carbonyl (C=O) groups is 2. The monoisotopic (exact) mass is 370 g/mol. The van der Waals surface area contributed by atoms with Crippen molar-refractivity contribution in [1.82, 2.24) is 0 Å². The van der Waals surface area contributed by atoms with Crippen LogP contribution in [0.4, 0.5) is 11.4 Å². The third-order valence-corrected chi connectivity index (χ3v) is 5.43. The van der Waals surface area contributed by atoms with Gasteiger partial charge in [0.05, 0.1) is 5.41 Å². The van der Waals surface area contributed by atoms with Gasteiger partial charge in [-0.3, -0.25) is 9.59 Å². The van der Waals surface area contributed by atoms with Crippen molar-refractivity contribution >= 4 is 34.8 Å². The second-order valence-electron chi connectivity index (χ2n) is 6.91. The van der Waals surface area contributed by atoms with E-state index in [1.165, 1.54) is 6.92 Å². The van der Waals surface area contributed by atoms with Gasteiger partial charge in [-0.1, -0.05) is 42.6 Å². The minimum Gasteiger partial charge on any atom is -0.326 e. The molecule has 2 aromatic carbocycles. The van der Waals surface area contributed by atoms with Crippen LogP contribution in [0.15, 0.2) is 42.5 Å². The fourth-order valence-electron chi connectivity index (χ4n) is 3.73. The van der Waals surface area contributed by atoms with Gasteiger partial charge >= 0.3 is 0 Å². The van der Waals surface area contributed by atoms with Crippen LogP contribution < -0.4 is 10.6 Å². The summed E-state index contributed by atoms with van der Waals surface area (Å²) >= 11 is 6.02. The van der Waals surface area contributed by atoms with Crippen LogP contribution in [0.3, 0.4) is 0 Å². The smallest absolute Gasteiger partial charge is 0.235 e. The van der Waals surface area contributed by atoms with Gasteiger partial charge in [0, 0.05) is 23.3 Å². The van der Waals surface area contributed by atoms with Crippen LogP contribution in [0.1, 0.15) is 43.7 Å². The number of rotatable bonds is 4. The molecule has 3 rings (SSSR count). The van der Waals surface area contributed by atoms with Gasteiger partial charge in [-0.15, -0.1) is 0 Å². The summed E-state index contributed by atoms with van der Waals surface area (Å²) in [5, 5.41) is 6.56. The molecule has 1 fully saturated rings. The molecule has 0 unspecified atom stereocenters. The largest absolute Gasteiger partial charge is 0.326 e. The highest BCUT2D eigenvalue weighted by Gasteiger charge is 2.42. The van der Waals surface area contributed by atoms with Gasteiger partial charge in [-0.25, -0.2) is 0 Å². The molecule has 0 aliphatic heterocycles. The Labute approximate surface area is 158 Å². The number of carbonyl (C=O) groups excluding carboxylic acids is 2. The van der Waals surface area contributed by atoms with E-state index in [9.17, 15) is 9.59 Å². The molecule has 1 aliphatic carbocycles. The summed E-state index contributed by atoms with van der Waals surface area (Å²) in [5.41, 5.74) is 2.76. The Kier molecular flexibility index (Phi) is 5.33. The molecule has 26 heavy (non-hydrogen) atoms. The molecule has 1 saturated carbocycles. The van der Waals surface area contributed by atoms with Gasteiger partial charge in [0.15, 0.2) is 0 Å². The summed E-state index contributed by atoms with van der Waals surface area (Å²) in [7, 11) is 0. The topological polar surface area (TPSA) is 58.2 Å². The summed E-state index contributed by atoms with van der Waals surface area (Å²) in [6, 6.07) is 13.1. The van der Waals surface area contributed by atoms with E-state index < -0.39 is 5.41 Å². The lowest BCUT2D eigenvalue weighted by Crippen LogP contribution is -2.38. The summed E-state index contributed by atoms with van der Waals surface area (Å²) in [5.74, 6) is -0.134. The molecule has 5 heteroatoms. The lowest BCUT2D eigenvalue weighted by atomic mass is 9.78. The van der Waals surface area contributed by atoms with E-state index in [0.29, 0.717) is 10.7 Å². The highest BCUT2D eigenvalue weighted by atomic mass is 35.5. The predicted molar refractivity (Wildman–Crippen MR) is 106 cm³/mol. The third kappa shape index (κ3) is 3.61. The number of hydrogen-bond donors (Lipinski definition) is 2. The SMILES string of the molecule is CC(=O)Nc1cccc(NC(=O)C2(c3ccc(Cl)cc3)CCCC2)c1C. The van der Waals surface area contributed by atoms with Crippen molar-refractivity contribution in [2.75, 3.05) is 10.6 Å². The second kappa shape index (κ2) is 7.50. The molecule has 0 spiro atoms. The molecule has 0 radical (unpaired) electrons. The van der Waals surface area contributed by atoms with Crippen LogP contribution in [-0.4, -0.2) is 11.8 Å². The predicted octanol–water partition coefficient (Wildman–Crippen LogP) is 5.06. The Balaban J connectivity index is 1.90. The molecule has 1 aliphatic rings. The van der Waals surface area contributed by atoms with E-state index in [1.807, 2.05) is 49.4 Å².